The van der Waals surface area contributed by atoms with Crippen LogP contribution in [0.5, 0.6) is 0 Å². The average Bonchev–Trinajstić information content (AvgIpc) is 2.75. The SMILES string of the molecule is Cc1nc(CC(C)C(O)c2ccccc2)cs1. The summed E-state index contributed by atoms with van der Waals surface area (Å²) < 4.78 is 0. The normalized spacial score (nSPS) is 14.5. The Morgan fingerprint density at radius 1 is 1.29 bits per heavy atom. The summed E-state index contributed by atoms with van der Waals surface area (Å²) in [6.07, 6.45) is 0.402. The summed E-state index contributed by atoms with van der Waals surface area (Å²) in [6, 6.07) is 9.81. The fourth-order valence-corrected chi connectivity index (χ4v) is 2.55. The van der Waals surface area contributed by atoms with E-state index in [1.165, 1.54) is 0 Å². The lowest BCUT2D eigenvalue weighted by Crippen LogP contribution is -2.12. The molecule has 2 nitrogen and oxygen atoms in total. The van der Waals surface area contributed by atoms with Crippen molar-refractivity contribution < 1.29 is 5.11 Å². The number of hydrogen-bond acceptors (Lipinski definition) is 3. The van der Waals surface area contributed by atoms with Gasteiger partial charge in [-0.25, -0.2) is 4.98 Å². The Balaban J connectivity index is 2.03. The zero-order chi connectivity index (χ0) is 12.3. The van der Waals surface area contributed by atoms with E-state index in [0.717, 1.165) is 22.7 Å². The number of nitrogens with zero attached hydrogens (tertiary/aromatic N) is 1. The zero-order valence-electron chi connectivity index (χ0n) is 10.1. The molecule has 2 unspecified atom stereocenters. The van der Waals surface area contributed by atoms with E-state index in [-0.39, 0.29) is 5.92 Å². The van der Waals surface area contributed by atoms with E-state index in [1.807, 2.05) is 37.3 Å². The van der Waals surface area contributed by atoms with Crippen molar-refractivity contribution in [1.82, 2.24) is 4.98 Å². The molecular weight excluding hydrogens is 230 g/mol. The molecule has 0 saturated carbocycles. The molecule has 0 bridgehead atoms. The summed E-state index contributed by atoms with van der Waals surface area (Å²) in [5, 5.41) is 13.4. The van der Waals surface area contributed by atoms with Crippen molar-refractivity contribution in [3.05, 3.63) is 52.0 Å². The van der Waals surface area contributed by atoms with Crippen molar-refractivity contribution in [3.8, 4) is 0 Å². The van der Waals surface area contributed by atoms with Gasteiger partial charge < -0.3 is 5.11 Å². The summed E-state index contributed by atoms with van der Waals surface area (Å²) in [5.74, 6) is 0.180. The van der Waals surface area contributed by atoms with Crippen LogP contribution in [0.2, 0.25) is 0 Å². The molecule has 0 radical (unpaired) electrons. The minimum Gasteiger partial charge on any atom is -0.388 e. The second-order valence-electron chi connectivity index (χ2n) is 4.39. The highest BCUT2D eigenvalue weighted by Gasteiger charge is 2.17. The molecule has 2 aromatic rings. The number of aliphatic hydroxyl groups is 1. The number of aryl methyl sites for hydroxylation is 1. The van der Waals surface area contributed by atoms with E-state index in [1.54, 1.807) is 11.3 Å². The highest BCUT2D eigenvalue weighted by Crippen LogP contribution is 2.25. The topological polar surface area (TPSA) is 33.1 Å². The van der Waals surface area contributed by atoms with Gasteiger partial charge in [-0.15, -0.1) is 11.3 Å². The molecule has 0 aliphatic heterocycles. The second kappa shape index (κ2) is 5.43. The summed E-state index contributed by atoms with van der Waals surface area (Å²) in [6.45, 7) is 4.07. The van der Waals surface area contributed by atoms with Crippen LogP contribution < -0.4 is 0 Å². The van der Waals surface area contributed by atoms with Gasteiger partial charge in [-0.1, -0.05) is 37.3 Å². The monoisotopic (exact) mass is 247 g/mol. The third kappa shape index (κ3) is 3.14. The number of hydrogen-bond donors (Lipinski definition) is 1. The van der Waals surface area contributed by atoms with Gasteiger partial charge in [0.05, 0.1) is 16.8 Å². The van der Waals surface area contributed by atoms with Gasteiger partial charge in [0.25, 0.3) is 0 Å². The number of aromatic nitrogens is 1. The van der Waals surface area contributed by atoms with E-state index >= 15 is 0 Å². The molecule has 0 aliphatic carbocycles. The average molecular weight is 247 g/mol. The van der Waals surface area contributed by atoms with E-state index in [2.05, 4.69) is 17.3 Å². The molecule has 2 atom stereocenters. The van der Waals surface area contributed by atoms with Crippen LogP contribution in [0.1, 0.15) is 29.3 Å². The molecule has 0 amide bonds. The first-order chi connectivity index (χ1) is 8.16. The van der Waals surface area contributed by atoms with Crippen LogP contribution in [0, 0.1) is 12.8 Å². The van der Waals surface area contributed by atoms with Crippen molar-refractivity contribution in [1.29, 1.82) is 0 Å². The predicted octanol–water partition coefficient (Wildman–Crippen LogP) is 3.36. The van der Waals surface area contributed by atoms with Crippen molar-refractivity contribution in [2.24, 2.45) is 5.92 Å². The number of aliphatic hydroxyl groups excluding tert-OH is 1. The first-order valence-corrected chi connectivity index (χ1v) is 6.69. The summed E-state index contributed by atoms with van der Waals surface area (Å²) in [7, 11) is 0. The molecule has 1 aromatic carbocycles. The maximum absolute atomic E-state index is 10.2. The lowest BCUT2D eigenvalue weighted by molar-refractivity contribution is 0.117. The molecule has 3 heteroatoms. The van der Waals surface area contributed by atoms with Crippen molar-refractivity contribution >= 4 is 11.3 Å². The molecule has 1 aromatic heterocycles. The molecule has 0 fully saturated rings. The Hall–Kier alpha value is -1.19. The van der Waals surface area contributed by atoms with Crippen LogP contribution in [0.25, 0.3) is 0 Å². The highest BCUT2D eigenvalue weighted by molar-refractivity contribution is 7.09. The minimum atomic E-state index is -0.418. The fourth-order valence-electron chi connectivity index (χ4n) is 1.92. The maximum Gasteiger partial charge on any atom is 0.0897 e. The second-order valence-corrected chi connectivity index (χ2v) is 5.46. The standard InChI is InChI=1S/C14H17NOS/c1-10(8-13-9-17-11(2)15-13)14(16)12-6-4-3-5-7-12/h3-7,9-10,14,16H,8H2,1-2H3. The van der Waals surface area contributed by atoms with Gasteiger partial charge in [-0.2, -0.15) is 0 Å². The lowest BCUT2D eigenvalue weighted by atomic mass is 9.94. The van der Waals surface area contributed by atoms with E-state index in [4.69, 9.17) is 0 Å². The van der Waals surface area contributed by atoms with Crippen LogP contribution >= 0.6 is 11.3 Å². The van der Waals surface area contributed by atoms with Gasteiger partial charge in [0.15, 0.2) is 0 Å². The first kappa shape index (κ1) is 12.3. The minimum absolute atomic E-state index is 0.180. The van der Waals surface area contributed by atoms with Crippen LogP contribution in [-0.2, 0) is 6.42 Å². The van der Waals surface area contributed by atoms with Crippen molar-refractivity contribution in [2.75, 3.05) is 0 Å². The van der Waals surface area contributed by atoms with Gasteiger partial charge in [0.2, 0.25) is 0 Å². The maximum atomic E-state index is 10.2. The Kier molecular flexibility index (Phi) is 3.92. The third-order valence-electron chi connectivity index (χ3n) is 2.88. The van der Waals surface area contributed by atoms with Gasteiger partial charge >= 0.3 is 0 Å². The summed E-state index contributed by atoms with van der Waals surface area (Å²) in [5.41, 5.74) is 2.06. The number of thiazole rings is 1. The fraction of sp³-hybridized carbons (Fsp3) is 0.357. The quantitative estimate of drug-likeness (QED) is 0.898. The largest absolute Gasteiger partial charge is 0.388 e. The Morgan fingerprint density at radius 2 is 2.00 bits per heavy atom. The lowest BCUT2D eigenvalue weighted by Gasteiger charge is -2.18. The first-order valence-electron chi connectivity index (χ1n) is 5.81. The van der Waals surface area contributed by atoms with Crippen molar-refractivity contribution in [2.45, 2.75) is 26.4 Å². The van der Waals surface area contributed by atoms with Gasteiger partial charge in [-0.3, -0.25) is 0 Å². The molecule has 1 N–H and O–H groups in total. The molecule has 0 aliphatic rings. The number of benzene rings is 1. The molecule has 0 spiro atoms. The Morgan fingerprint density at radius 3 is 2.59 bits per heavy atom. The molecule has 2 rings (SSSR count). The Bertz CT molecular complexity index is 466. The zero-order valence-corrected chi connectivity index (χ0v) is 10.9. The van der Waals surface area contributed by atoms with Crippen LogP contribution in [0.4, 0.5) is 0 Å². The molecular formula is C14H17NOS. The summed E-state index contributed by atoms with van der Waals surface area (Å²) in [4.78, 5) is 4.43. The summed E-state index contributed by atoms with van der Waals surface area (Å²) >= 11 is 1.66. The molecule has 1 heterocycles. The van der Waals surface area contributed by atoms with Crippen LogP contribution in [0.15, 0.2) is 35.7 Å². The Labute approximate surface area is 106 Å². The van der Waals surface area contributed by atoms with E-state index in [9.17, 15) is 5.11 Å². The van der Waals surface area contributed by atoms with Crippen molar-refractivity contribution in [3.63, 3.8) is 0 Å². The molecule has 90 valence electrons. The van der Waals surface area contributed by atoms with Gasteiger partial charge in [0, 0.05) is 5.38 Å². The van der Waals surface area contributed by atoms with Gasteiger partial charge in [-0.05, 0) is 24.8 Å². The van der Waals surface area contributed by atoms with Crippen LogP contribution in [0.3, 0.4) is 0 Å². The molecule has 17 heavy (non-hydrogen) atoms. The van der Waals surface area contributed by atoms with Crippen LogP contribution in [-0.4, -0.2) is 10.1 Å². The number of rotatable bonds is 4. The highest BCUT2D eigenvalue weighted by atomic mass is 32.1. The van der Waals surface area contributed by atoms with E-state index in [0.29, 0.717) is 0 Å². The van der Waals surface area contributed by atoms with E-state index < -0.39 is 6.10 Å². The molecule has 0 saturated heterocycles. The third-order valence-corrected chi connectivity index (χ3v) is 3.70. The smallest absolute Gasteiger partial charge is 0.0897 e. The van der Waals surface area contributed by atoms with Gasteiger partial charge in [0.1, 0.15) is 0 Å². The predicted molar refractivity (Wildman–Crippen MR) is 71.1 cm³/mol.